The minimum Gasteiger partial charge on any atom is -0.326 e. The van der Waals surface area contributed by atoms with Crippen LogP contribution in [0.5, 0.6) is 0 Å². The van der Waals surface area contributed by atoms with Crippen LogP contribution >= 0.6 is 0 Å². The standard InChI is InChI=1S/C14H8F3N3/c15-14(16,17)12-8-20-5-1-2-10-6-9(7-18)3-4-11(10)13(20)19-12/h1-4,6,8H,5H2. The van der Waals surface area contributed by atoms with Crippen LogP contribution in [0, 0.1) is 11.3 Å². The summed E-state index contributed by atoms with van der Waals surface area (Å²) in [6.45, 7) is 0.314. The summed E-state index contributed by atoms with van der Waals surface area (Å²) >= 11 is 0. The Morgan fingerprint density at radius 2 is 2.10 bits per heavy atom. The zero-order chi connectivity index (χ0) is 14.3. The smallest absolute Gasteiger partial charge is 0.326 e. The van der Waals surface area contributed by atoms with Gasteiger partial charge in [0, 0.05) is 18.3 Å². The van der Waals surface area contributed by atoms with Crippen molar-refractivity contribution in [2.75, 3.05) is 0 Å². The molecule has 3 rings (SSSR count). The van der Waals surface area contributed by atoms with Gasteiger partial charge in [0.05, 0.1) is 11.6 Å². The Hall–Kier alpha value is -2.55. The van der Waals surface area contributed by atoms with Gasteiger partial charge in [-0.15, -0.1) is 0 Å². The molecule has 2 heterocycles. The van der Waals surface area contributed by atoms with Gasteiger partial charge in [-0.3, -0.25) is 0 Å². The van der Waals surface area contributed by atoms with E-state index in [2.05, 4.69) is 4.98 Å². The van der Waals surface area contributed by atoms with E-state index in [0.717, 1.165) is 6.20 Å². The van der Waals surface area contributed by atoms with Gasteiger partial charge in [0.1, 0.15) is 5.82 Å². The summed E-state index contributed by atoms with van der Waals surface area (Å²) in [4.78, 5) is 3.69. The Kier molecular flexibility index (Phi) is 2.64. The predicted molar refractivity (Wildman–Crippen MR) is 66.4 cm³/mol. The molecule has 1 aromatic carbocycles. The van der Waals surface area contributed by atoms with Crippen LogP contribution in [-0.2, 0) is 12.7 Å². The van der Waals surface area contributed by atoms with E-state index in [1.165, 1.54) is 4.57 Å². The van der Waals surface area contributed by atoms with Gasteiger partial charge in [-0.2, -0.15) is 18.4 Å². The average Bonchev–Trinajstić information content (AvgIpc) is 2.76. The van der Waals surface area contributed by atoms with Crippen molar-refractivity contribution < 1.29 is 13.2 Å². The molecule has 0 saturated heterocycles. The van der Waals surface area contributed by atoms with E-state index in [4.69, 9.17) is 5.26 Å². The van der Waals surface area contributed by atoms with Crippen molar-refractivity contribution in [3.8, 4) is 17.5 Å². The number of aromatic nitrogens is 2. The number of hydrogen-bond donors (Lipinski definition) is 0. The van der Waals surface area contributed by atoms with Gasteiger partial charge in [-0.1, -0.05) is 12.2 Å². The van der Waals surface area contributed by atoms with Crippen LogP contribution < -0.4 is 0 Å². The zero-order valence-electron chi connectivity index (χ0n) is 10.1. The van der Waals surface area contributed by atoms with Gasteiger partial charge in [0.25, 0.3) is 0 Å². The highest BCUT2D eigenvalue weighted by atomic mass is 19.4. The first kappa shape index (κ1) is 12.5. The third-order valence-corrected chi connectivity index (χ3v) is 3.09. The number of fused-ring (bicyclic) bond motifs is 3. The van der Waals surface area contributed by atoms with Crippen molar-refractivity contribution in [2.24, 2.45) is 0 Å². The Labute approximate surface area is 112 Å². The molecule has 0 saturated carbocycles. The maximum Gasteiger partial charge on any atom is 0.434 e. The van der Waals surface area contributed by atoms with Crippen LogP contribution in [0.4, 0.5) is 13.2 Å². The van der Waals surface area contributed by atoms with Crippen LogP contribution in [0.3, 0.4) is 0 Å². The molecule has 0 unspecified atom stereocenters. The molecule has 6 heteroatoms. The third-order valence-electron chi connectivity index (χ3n) is 3.09. The molecule has 0 N–H and O–H groups in total. The Balaban J connectivity index is 2.20. The van der Waals surface area contributed by atoms with Gasteiger partial charge in [0.2, 0.25) is 0 Å². The van der Waals surface area contributed by atoms with Crippen molar-refractivity contribution in [1.82, 2.24) is 9.55 Å². The number of hydrogen-bond acceptors (Lipinski definition) is 2. The maximum absolute atomic E-state index is 12.7. The highest BCUT2D eigenvalue weighted by Crippen LogP contribution is 2.33. The Morgan fingerprint density at radius 1 is 1.30 bits per heavy atom. The summed E-state index contributed by atoms with van der Waals surface area (Å²) in [5.74, 6) is 0.266. The lowest BCUT2D eigenvalue weighted by Gasteiger charge is -2.05. The van der Waals surface area contributed by atoms with Crippen LogP contribution in [0.25, 0.3) is 17.5 Å². The summed E-state index contributed by atoms with van der Waals surface area (Å²) in [6, 6.07) is 6.85. The second kappa shape index (κ2) is 4.23. The van der Waals surface area contributed by atoms with E-state index < -0.39 is 11.9 Å². The second-order valence-electron chi connectivity index (χ2n) is 4.42. The van der Waals surface area contributed by atoms with Crippen molar-refractivity contribution in [3.05, 3.63) is 47.3 Å². The third kappa shape index (κ3) is 1.97. The van der Waals surface area contributed by atoms with Gasteiger partial charge in [-0.05, 0) is 23.8 Å². The second-order valence-corrected chi connectivity index (χ2v) is 4.42. The summed E-state index contributed by atoms with van der Waals surface area (Å²) in [5, 5.41) is 8.87. The minimum absolute atomic E-state index is 0.266. The molecule has 1 aliphatic heterocycles. The van der Waals surface area contributed by atoms with E-state index in [9.17, 15) is 13.2 Å². The highest BCUT2D eigenvalue weighted by molar-refractivity contribution is 5.74. The van der Waals surface area contributed by atoms with E-state index in [1.54, 1.807) is 30.4 Å². The molecular weight excluding hydrogens is 267 g/mol. The van der Waals surface area contributed by atoms with Gasteiger partial charge < -0.3 is 4.57 Å². The summed E-state index contributed by atoms with van der Waals surface area (Å²) in [5.41, 5.74) is 0.845. The molecule has 0 atom stereocenters. The number of imidazole rings is 1. The lowest BCUT2D eigenvalue weighted by Crippen LogP contribution is -2.05. The Morgan fingerprint density at radius 3 is 2.80 bits per heavy atom. The monoisotopic (exact) mass is 275 g/mol. The first-order chi connectivity index (χ1) is 9.49. The number of halogens is 3. The van der Waals surface area contributed by atoms with E-state index >= 15 is 0 Å². The fraction of sp³-hybridized carbons (Fsp3) is 0.143. The normalized spacial score (nSPS) is 13.3. The fourth-order valence-corrected chi connectivity index (χ4v) is 2.17. The number of benzene rings is 1. The van der Waals surface area contributed by atoms with E-state index in [-0.39, 0.29) is 5.82 Å². The molecule has 1 aromatic heterocycles. The lowest BCUT2D eigenvalue weighted by molar-refractivity contribution is -0.140. The molecule has 0 fully saturated rings. The molecule has 0 radical (unpaired) electrons. The first-order valence-electron chi connectivity index (χ1n) is 5.84. The van der Waals surface area contributed by atoms with Gasteiger partial charge in [0.15, 0.2) is 5.69 Å². The highest BCUT2D eigenvalue weighted by Gasteiger charge is 2.35. The van der Waals surface area contributed by atoms with E-state index in [0.29, 0.717) is 23.2 Å². The summed E-state index contributed by atoms with van der Waals surface area (Å²) in [6.07, 6.45) is 0.0824. The number of rotatable bonds is 0. The topological polar surface area (TPSA) is 41.6 Å². The molecule has 0 spiro atoms. The summed E-state index contributed by atoms with van der Waals surface area (Å²) in [7, 11) is 0. The average molecular weight is 275 g/mol. The first-order valence-corrected chi connectivity index (χ1v) is 5.84. The Bertz CT molecular complexity index is 748. The summed E-state index contributed by atoms with van der Waals surface area (Å²) < 4.78 is 39.7. The number of nitrogens with zero attached hydrogens (tertiary/aromatic N) is 3. The van der Waals surface area contributed by atoms with Crippen LogP contribution in [0.1, 0.15) is 16.8 Å². The molecule has 1 aliphatic rings. The molecule has 2 aromatic rings. The number of nitriles is 1. The minimum atomic E-state index is -4.46. The largest absolute Gasteiger partial charge is 0.434 e. The molecule has 20 heavy (non-hydrogen) atoms. The van der Waals surface area contributed by atoms with Crippen molar-refractivity contribution >= 4 is 6.08 Å². The van der Waals surface area contributed by atoms with Gasteiger partial charge in [-0.25, -0.2) is 4.98 Å². The molecule has 100 valence electrons. The number of alkyl halides is 3. The molecule has 0 amide bonds. The van der Waals surface area contributed by atoms with Crippen LogP contribution in [-0.4, -0.2) is 9.55 Å². The molecule has 0 bridgehead atoms. The zero-order valence-corrected chi connectivity index (χ0v) is 10.1. The molecule has 3 nitrogen and oxygen atoms in total. The lowest BCUT2D eigenvalue weighted by atomic mass is 10.0. The SMILES string of the molecule is N#Cc1ccc2c(c1)C=CCn1cc(C(F)(F)F)nc1-2. The van der Waals surface area contributed by atoms with Crippen molar-refractivity contribution in [2.45, 2.75) is 12.7 Å². The van der Waals surface area contributed by atoms with Gasteiger partial charge >= 0.3 is 6.18 Å². The predicted octanol–water partition coefficient (Wildman–Crippen LogP) is 3.47. The molecule has 0 aliphatic carbocycles. The quantitative estimate of drug-likeness (QED) is 0.738. The fourth-order valence-electron chi connectivity index (χ4n) is 2.17. The van der Waals surface area contributed by atoms with E-state index in [1.807, 2.05) is 6.07 Å². The molecular formula is C14H8F3N3. The van der Waals surface area contributed by atoms with Crippen molar-refractivity contribution in [3.63, 3.8) is 0 Å². The number of allylic oxidation sites excluding steroid dienone is 1. The van der Waals surface area contributed by atoms with Crippen LogP contribution in [0.15, 0.2) is 30.5 Å². The van der Waals surface area contributed by atoms with Crippen LogP contribution in [0.2, 0.25) is 0 Å². The van der Waals surface area contributed by atoms with Crippen molar-refractivity contribution in [1.29, 1.82) is 5.26 Å². The maximum atomic E-state index is 12.7.